The summed E-state index contributed by atoms with van der Waals surface area (Å²) >= 11 is 0. The van der Waals surface area contributed by atoms with E-state index < -0.39 is 0 Å². The Morgan fingerprint density at radius 3 is 2.29 bits per heavy atom. The number of anilines is 2. The maximum atomic E-state index is 12.9. The summed E-state index contributed by atoms with van der Waals surface area (Å²) in [6, 6.07) is 12.3. The molecule has 0 bridgehead atoms. The highest BCUT2D eigenvalue weighted by Gasteiger charge is 2.07. The lowest BCUT2D eigenvalue weighted by molar-refractivity contribution is -0.116. The van der Waals surface area contributed by atoms with E-state index in [1.807, 2.05) is 0 Å². The second-order valence-electron chi connectivity index (χ2n) is 5.55. The number of hydrogen-bond donors (Lipinski definition) is 2. The van der Waals surface area contributed by atoms with E-state index in [1.54, 1.807) is 24.3 Å². The fraction of sp³-hybridized carbons (Fsp3) is 0.263. The first kappa shape index (κ1) is 17.7. The third-order valence-corrected chi connectivity index (χ3v) is 3.52. The van der Waals surface area contributed by atoms with Gasteiger partial charge < -0.3 is 10.6 Å². The van der Waals surface area contributed by atoms with Crippen LogP contribution in [0.15, 0.2) is 48.5 Å². The number of benzene rings is 2. The van der Waals surface area contributed by atoms with Crippen LogP contribution in [0, 0.1) is 5.82 Å². The van der Waals surface area contributed by atoms with E-state index >= 15 is 0 Å². The molecule has 0 atom stereocenters. The van der Waals surface area contributed by atoms with Crippen molar-refractivity contribution in [2.24, 2.45) is 0 Å². The van der Waals surface area contributed by atoms with Crippen LogP contribution in [0.2, 0.25) is 0 Å². The molecular weight excluding hydrogens is 307 g/mol. The normalized spacial score (nSPS) is 10.2. The number of unbranched alkanes of at least 4 members (excludes halogenated alkanes) is 2. The van der Waals surface area contributed by atoms with E-state index in [9.17, 15) is 14.0 Å². The highest BCUT2D eigenvalue weighted by molar-refractivity contribution is 6.04. The summed E-state index contributed by atoms with van der Waals surface area (Å²) in [5.41, 5.74) is 1.56. The quantitative estimate of drug-likeness (QED) is 0.730. The third kappa shape index (κ3) is 5.50. The molecule has 0 aliphatic carbocycles. The molecule has 2 amide bonds. The molecule has 126 valence electrons. The largest absolute Gasteiger partial charge is 0.326 e. The summed E-state index contributed by atoms with van der Waals surface area (Å²) in [6.45, 7) is 2.09. The van der Waals surface area contributed by atoms with Crippen LogP contribution in [-0.2, 0) is 4.79 Å². The van der Waals surface area contributed by atoms with Crippen LogP contribution in [-0.4, -0.2) is 11.8 Å². The standard InChI is InChI=1S/C19H21FN2O2/c1-2-3-4-8-18(23)21-16-6-5-7-17(13-16)22-19(24)14-9-11-15(20)12-10-14/h5-7,9-13H,2-4,8H2,1H3,(H,21,23)(H,22,24). The van der Waals surface area contributed by atoms with Crippen molar-refractivity contribution in [3.8, 4) is 0 Å². The van der Waals surface area contributed by atoms with E-state index in [0.717, 1.165) is 19.3 Å². The van der Waals surface area contributed by atoms with Crippen molar-refractivity contribution in [1.29, 1.82) is 0 Å². The molecule has 0 saturated heterocycles. The topological polar surface area (TPSA) is 58.2 Å². The first-order valence-electron chi connectivity index (χ1n) is 8.05. The van der Waals surface area contributed by atoms with E-state index in [0.29, 0.717) is 23.4 Å². The van der Waals surface area contributed by atoms with E-state index in [-0.39, 0.29) is 17.6 Å². The van der Waals surface area contributed by atoms with Gasteiger partial charge in [0.25, 0.3) is 5.91 Å². The minimum atomic E-state index is -0.390. The molecule has 2 rings (SSSR count). The Hall–Kier alpha value is -2.69. The van der Waals surface area contributed by atoms with Crippen molar-refractivity contribution in [3.05, 3.63) is 59.9 Å². The fourth-order valence-electron chi connectivity index (χ4n) is 2.24. The van der Waals surface area contributed by atoms with Crippen molar-refractivity contribution in [1.82, 2.24) is 0 Å². The van der Waals surface area contributed by atoms with Gasteiger partial charge in [0.15, 0.2) is 0 Å². The molecule has 5 heteroatoms. The lowest BCUT2D eigenvalue weighted by Crippen LogP contribution is -2.13. The maximum absolute atomic E-state index is 12.9. The second kappa shape index (κ2) is 8.82. The zero-order chi connectivity index (χ0) is 17.4. The second-order valence-corrected chi connectivity index (χ2v) is 5.55. The molecule has 2 aromatic rings. The zero-order valence-electron chi connectivity index (χ0n) is 13.6. The van der Waals surface area contributed by atoms with Gasteiger partial charge in [-0.1, -0.05) is 25.8 Å². The highest BCUT2D eigenvalue weighted by atomic mass is 19.1. The Bertz CT molecular complexity index is 699. The minimum Gasteiger partial charge on any atom is -0.326 e. The third-order valence-electron chi connectivity index (χ3n) is 3.52. The molecule has 4 nitrogen and oxygen atoms in total. The lowest BCUT2D eigenvalue weighted by atomic mass is 10.2. The number of carbonyl (C=O) groups excluding carboxylic acids is 2. The summed E-state index contributed by atoms with van der Waals surface area (Å²) in [7, 11) is 0. The molecule has 0 aliphatic heterocycles. The monoisotopic (exact) mass is 328 g/mol. The fourth-order valence-corrected chi connectivity index (χ4v) is 2.24. The van der Waals surface area contributed by atoms with Gasteiger partial charge in [-0.15, -0.1) is 0 Å². The van der Waals surface area contributed by atoms with Crippen LogP contribution in [0.4, 0.5) is 15.8 Å². The van der Waals surface area contributed by atoms with E-state index in [4.69, 9.17) is 0 Å². The smallest absolute Gasteiger partial charge is 0.255 e. The highest BCUT2D eigenvalue weighted by Crippen LogP contribution is 2.17. The predicted molar refractivity (Wildman–Crippen MR) is 93.6 cm³/mol. The Kier molecular flexibility index (Phi) is 6.49. The first-order valence-corrected chi connectivity index (χ1v) is 8.05. The molecule has 2 N–H and O–H groups in total. The van der Waals surface area contributed by atoms with E-state index in [1.165, 1.54) is 24.3 Å². The summed E-state index contributed by atoms with van der Waals surface area (Å²) in [5.74, 6) is -0.758. The molecule has 0 unspecified atom stereocenters. The number of carbonyl (C=O) groups is 2. The molecule has 0 radical (unpaired) electrons. The number of nitrogens with one attached hydrogen (secondary N) is 2. The van der Waals surface area contributed by atoms with Gasteiger partial charge in [0.1, 0.15) is 5.82 Å². The van der Waals surface area contributed by atoms with Gasteiger partial charge >= 0.3 is 0 Å². The molecule has 2 aromatic carbocycles. The van der Waals surface area contributed by atoms with Crippen molar-refractivity contribution in [2.75, 3.05) is 10.6 Å². The summed E-state index contributed by atoms with van der Waals surface area (Å²) in [5, 5.41) is 5.55. The number of amides is 2. The molecule has 0 aliphatic rings. The lowest BCUT2D eigenvalue weighted by Gasteiger charge is -2.09. The van der Waals surface area contributed by atoms with Gasteiger partial charge in [-0.05, 0) is 48.9 Å². The zero-order valence-corrected chi connectivity index (χ0v) is 13.6. The van der Waals surface area contributed by atoms with Gasteiger partial charge in [-0.25, -0.2) is 4.39 Å². The summed E-state index contributed by atoms with van der Waals surface area (Å²) < 4.78 is 12.9. The average molecular weight is 328 g/mol. The van der Waals surface area contributed by atoms with Gasteiger partial charge in [0, 0.05) is 23.4 Å². The van der Waals surface area contributed by atoms with Crippen LogP contribution >= 0.6 is 0 Å². The predicted octanol–water partition coefficient (Wildman–Crippen LogP) is 4.60. The Morgan fingerprint density at radius 1 is 0.958 bits per heavy atom. The number of hydrogen-bond acceptors (Lipinski definition) is 2. The summed E-state index contributed by atoms with van der Waals surface area (Å²) in [4.78, 5) is 24.0. The van der Waals surface area contributed by atoms with Crippen molar-refractivity contribution in [2.45, 2.75) is 32.6 Å². The van der Waals surface area contributed by atoms with Crippen molar-refractivity contribution >= 4 is 23.2 Å². The average Bonchev–Trinajstić information content (AvgIpc) is 2.56. The molecule has 0 fully saturated rings. The van der Waals surface area contributed by atoms with Gasteiger partial charge in [-0.3, -0.25) is 9.59 Å². The molecule has 0 aromatic heterocycles. The molecule has 0 saturated carbocycles. The number of rotatable bonds is 7. The Morgan fingerprint density at radius 2 is 1.62 bits per heavy atom. The first-order chi connectivity index (χ1) is 11.6. The van der Waals surface area contributed by atoms with Crippen LogP contribution in [0.5, 0.6) is 0 Å². The van der Waals surface area contributed by atoms with Gasteiger partial charge in [-0.2, -0.15) is 0 Å². The van der Waals surface area contributed by atoms with Gasteiger partial charge in [0.2, 0.25) is 5.91 Å². The maximum Gasteiger partial charge on any atom is 0.255 e. The minimum absolute atomic E-state index is 0.0366. The van der Waals surface area contributed by atoms with Crippen LogP contribution in [0.1, 0.15) is 43.0 Å². The Labute approximate surface area is 141 Å². The number of halogens is 1. The van der Waals surface area contributed by atoms with Crippen molar-refractivity contribution < 1.29 is 14.0 Å². The van der Waals surface area contributed by atoms with Crippen LogP contribution in [0.3, 0.4) is 0 Å². The summed E-state index contributed by atoms with van der Waals surface area (Å²) in [6.07, 6.45) is 3.45. The SMILES string of the molecule is CCCCCC(=O)Nc1cccc(NC(=O)c2ccc(F)cc2)c1. The Balaban J connectivity index is 1.95. The van der Waals surface area contributed by atoms with Gasteiger partial charge in [0.05, 0.1) is 0 Å². The van der Waals surface area contributed by atoms with Crippen LogP contribution in [0.25, 0.3) is 0 Å². The molecule has 24 heavy (non-hydrogen) atoms. The molecule has 0 spiro atoms. The van der Waals surface area contributed by atoms with Crippen LogP contribution < -0.4 is 10.6 Å². The molecule has 0 heterocycles. The van der Waals surface area contributed by atoms with E-state index in [2.05, 4.69) is 17.6 Å². The van der Waals surface area contributed by atoms with Crippen molar-refractivity contribution in [3.63, 3.8) is 0 Å². The molecular formula is C19H21FN2O2.